The molecule has 0 bridgehead atoms. The number of nitrogens with two attached hydrogens (primary N) is 1. The van der Waals surface area contributed by atoms with Crippen LogP contribution in [0.25, 0.3) is 0 Å². The number of carbonyl (C=O) groups excluding carboxylic acids is 1. The quantitative estimate of drug-likeness (QED) is 0.891. The monoisotopic (exact) mass is 265 g/mol. The van der Waals surface area contributed by atoms with E-state index in [1.165, 1.54) is 0 Å². The van der Waals surface area contributed by atoms with Crippen LogP contribution in [0.4, 0.5) is 5.69 Å². The maximum atomic E-state index is 11.0. The molecule has 0 spiro atoms. The van der Waals surface area contributed by atoms with Gasteiger partial charge in [0.2, 0.25) is 5.91 Å². The number of primary amides is 1. The third kappa shape index (κ3) is 3.15. The molecule has 0 aliphatic heterocycles. The van der Waals surface area contributed by atoms with E-state index in [0.717, 1.165) is 16.8 Å². The second-order valence-electron chi connectivity index (χ2n) is 4.55. The van der Waals surface area contributed by atoms with Crippen LogP contribution in [0.2, 0.25) is 0 Å². The van der Waals surface area contributed by atoms with Crippen LogP contribution >= 0.6 is 0 Å². The van der Waals surface area contributed by atoms with Crippen molar-refractivity contribution >= 4 is 11.6 Å². The standard InChI is InChI=1S/C16H15N3O/c1-11-8-12(9-17)2-3-14(11)10-19-15-6-4-13(5-7-15)16(18)20/h2-8,19H,10H2,1H3,(H2,18,20). The van der Waals surface area contributed by atoms with Crippen molar-refractivity contribution in [3.05, 3.63) is 64.7 Å². The molecule has 20 heavy (non-hydrogen) atoms. The highest BCUT2D eigenvalue weighted by Gasteiger charge is 2.02. The SMILES string of the molecule is Cc1cc(C#N)ccc1CNc1ccc(C(N)=O)cc1. The fraction of sp³-hybridized carbons (Fsp3) is 0.125. The Labute approximate surface area is 117 Å². The highest BCUT2D eigenvalue weighted by atomic mass is 16.1. The second kappa shape index (κ2) is 5.89. The first-order valence-electron chi connectivity index (χ1n) is 6.23. The van der Waals surface area contributed by atoms with Gasteiger partial charge in [0.1, 0.15) is 0 Å². The zero-order valence-corrected chi connectivity index (χ0v) is 11.2. The van der Waals surface area contributed by atoms with Gasteiger partial charge in [0.15, 0.2) is 0 Å². The summed E-state index contributed by atoms with van der Waals surface area (Å²) < 4.78 is 0. The van der Waals surface area contributed by atoms with Crippen molar-refractivity contribution in [1.82, 2.24) is 0 Å². The lowest BCUT2D eigenvalue weighted by molar-refractivity contribution is 0.100. The molecule has 0 unspecified atom stereocenters. The van der Waals surface area contributed by atoms with Crippen LogP contribution in [0.5, 0.6) is 0 Å². The zero-order chi connectivity index (χ0) is 14.5. The van der Waals surface area contributed by atoms with Crippen molar-refractivity contribution in [2.24, 2.45) is 5.73 Å². The van der Waals surface area contributed by atoms with Crippen LogP contribution in [-0.4, -0.2) is 5.91 Å². The van der Waals surface area contributed by atoms with E-state index >= 15 is 0 Å². The van der Waals surface area contributed by atoms with E-state index in [1.54, 1.807) is 18.2 Å². The number of hydrogen-bond acceptors (Lipinski definition) is 3. The highest BCUT2D eigenvalue weighted by Crippen LogP contribution is 2.14. The maximum Gasteiger partial charge on any atom is 0.248 e. The van der Waals surface area contributed by atoms with Crippen molar-refractivity contribution in [3.8, 4) is 6.07 Å². The Bertz CT molecular complexity index is 669. The van der Waals surface area contributed by atoms with Gasteiger partial charge in [-0.1, -0.05) is 6.07 Å². The van der Waals surface area contributed by atoms with E-state index in [4.69, 9.17) is 11.0 Å². The third-order valence-electron chi connectivity index (χ3n) is 3.12. The predicted octanol–water partition coefficient (Wildman–Crippen LogP) is 2.58. The Kier molecular flexibility index (Phi) is 4.02. The van der Waals surface area contributed by atoms with Crippen molar-refractivity contribution in [2.45, 2.75) is 13.5 Å². The molecule has 0 radical (unpaired) electrons. The van der Waals surface area contributed by atoms with Crippen molar-refractivity contribution in [3.63, 3.8) is 0 Å². The summed E-state index contributed by atoms with van der Waals surface area (Å²) in [6, 6.07) is 14.8. The van der Waals surface area contributed by atoms with Gasteiger partial charge in [-0.15, -0.1) is 0 Å². The number of aryl methyl sites for hydroxylation is 1. The number of anilines is 1. The number of rotatable bonds is 4. The molecule has 1 amide bonds. The minimum Gasteiger partial charge on any atom is -0.381 e. The molecule has 0 aliphatic rings. The molecular formula is C16H15N3O. The maximum absolute atomic E-state index is 11.0. The van der Waals surface area contributed by atoms with Crippen molar-refractivity contribution in [1.29, 1.82) is 5.26 Å². The molecule has 2 aromatic carbocycles. The zero-order valence-electron chi connectivity index (χ0n) is 11.2. The van der Waals surface area contributed by atoms with Gasteiger partial charge in [-0.25, -0.2) is 0 Å². The lowest BCUT2D eigenvalue weighted by atomic mass is 10.1. The fourth-order valence-corrected chi connectivity index (χ4v) is 1.91. The smallest absolute Gasteiger partial charge is 0.248 e. The summed E-state index contributed by atoms with van der Waals surface area (Å²) in [5, 5.41) is 12.1. The molecular weight excluding hydrogens is 250 g/mol. The fourth-order valence-electron chi connectivity index (χ4n) is 1.91. The third-order valence-corrected chi connectivity index (χ3v) is 3.12. The molecule has 0 aromatic heterocycles. The summed E-state index contributed by atoms with van der Waals surface area (Å²) >= 11 is 0. The Hall–Kier alpha value is -2.80. The van der Waals surface area contributed by atoms with Crippen molar-refractivity contribution in [2.75, 3.05) is 5.32 Å². The first-order valence-corrected chi connectivity index (χ1v) is 6.23. The number of nitriles is 1. The molecule has 2 rings (SSSR count). The lowest BCUT2D eigenvalue weighted by Crippen LogP contribution is -2.10. The number of carbonyl (C=O) groups is 1. The van der Waals surface area contributed by atoms with E-state index in [0.29, 0.717) is 17.7 Å². The van der Waals surface area contributed by atoms with E-state index in [9.17, 15) is 4.79 Å². The summed E-state index contributed by atoms with van der Waals surface area (Å²) in [5.74, 6) is -0.431. The van der Waals surface area contributed by atoms with Gasteiger partial charge >= 0.3 is 0 Å². The normalized spacial score (nSPS) is 9.80. The van der Waals surface area contributed by atoms with Gasteiger partial charge in [0, 0.05) is 17.8 Å². The van der Waals surface area contributed by atoms with Crippen molar-refractivity contribution < 1.29 is 4.79 Å². The topological polar surface area (TPSA) is 78.9 Å². The Morgan fingerprint density at radius 3 is 2.50 bits per heavy atom. The summed E-state index contributed by atoms with van der Waals surface area (Å²) in [5.41, 5.74) is 9.46. The molecule has 0 atom stereocenters. The molecule has 0 aliphatic carbocycles. The number of amides is 1. The first kappa shape index (κ1) is 13.6. The molecule has 0 heterocycles. The van der Waals surface area contributed by atoms with E-state index in [-0.39, 0.29) is 0 Å². The second-order valence-corrected chi connectivity index (χ2v) is 4.55. The minimum absolute atomic E-state index is 0.431. The average molecular weight is 265 g/mol. The average Bonchev–Trinajstić information content (AvgIpc) is 2.46. The van der Waals surface area contributed by atoms with Gasteiger partial charge in [-0.2, -0.15) is 5.26 Å². The van der Waals surface area contributed by atoms with Crippen LogP contribution in [0.3, 0.4) is 0 Å². The molecule has 4 nitrogen and oxygen atoms in total. The molecule has 4 heteroatoms. The van der Waals surface area contributed by atoms with Crippen LogP contribution in [0.1, 0.15) is 27.0 Å². The van der Waals surface area contributed by atoms with Crippen LogP contribution in [0.15, 0.2) is 42.5 Å². The van der Waals surface area contributed by atoms with E-state index in [2.05, 4.69) is 11.4 Å². The van der Waals surface area contributed by atoms with Gasteiger partial charge in [0.25, 0.3) is 0 Å². The van der Waals surface area contributed by atoms with Gasteiger partial charge < -0.3 is 11.1 Å². The molecule has 0 fully saturated rings. The number of hydrogen-bond donors (Lipinski definition) is 2. The van der Waals surface area contributed by atoms with Gasteiger partial charge in [-0.05, 0) is 54.4 Å². The van der Waals surface area contributed by atoms with Gasteiger partial charge in [-0.3, -0.25) is 4.79 Å². The van der Waals surface area contributed by atoms with Gasteiger partial charge in [0.05, 0.1) is 11.6 Å². The Morgan fingerprint density at radius 1 is 1.25 bits per heavy atom. The van der Waals surface area contributed by atoms with E-state index in [1.807, 2.05) is 31.2 Å². The number of benzene rings is 2. The molecule has 2 aromatic rings. The summed E-state index contributed by atoms with van der Waals surface area (Å²) in [4.78, 5) is 11.0. The summed E-state index contributed by atoms with van der Waals surface area (Å²) in [6.45, 7) is 2.64. The minimum atomic E-state index is -0.431. The summed E-state index contributed by atoms with van der Waals surface area (Å²) in [6.07, 6.45) is 0. The van der Waals surface area contributed by atoms with Crippen LogP contribution in [0, 0.1) is 18.3 Å². The van der Waals surface area contributed by atoms with E-state index < -0.39 is 5.91 Å². The predicted molar refractivity (Wildman–Crippen MR) is 78.2 cm³/mol. The summed E-state index contributed by atoms with van der Waals surface area (Å²) in [7, 11) is 0. The molecule has 100 valence electrons. The molecule has 3 N–H and O–H groups in total. The first-order chi connectivity index (χ1) is 9.60. The number of nitrogens with one attached hydrogen (secondary N) is 1. The lowest BCUT2D eigenvalue weighted by Gasteiger charge is -2.09. The molecule has 0 saturated heterocycles. The molecule has 0 saturated carbocycles. The number of nitrogens with zero attached hydrogens (tertiary/aromatic N) is 1. The van der Waals surface area contributed by atoms with Crippen LogP contribution < -0.4 is 11.1 Å². The largest absolute Gasteiger partial charge is 0.381 e. The van der Waals surface area contributed by atoms with Crippen LogP contribution in [-0.2, 0) is 6.54 Å². The highest BCUT2D eigenvalue weighted by molar-refractivity contribution is 5.93. The Balaban J connectivity index is 2.05. The Morgan fingerprint density at radius 2 is 1.95 bits per heavy atom.